The summed E-state index contributed by atoms with van der Waals surface area (Å²) in [6.07, 6.45) is 3.77. The Hall–Kier alpha value is -2.62. The van der Waals surface area contributed by atoms with Gasteiger partial charge < -0.3 is 4.57 Å². The summed E-state index contributed by atoms with van der Waals surface area (Å²) < 4.78 is 2.00. The molecular weight excluding hydrogens is 248 g/mol. The van der Waals surface area contributed by atoms with Crippen LogP contribution in [0.25, 0.3) is 10.9 Å². The fraction of sp³-hybridized carbons (Fsp3) is 0.125. The van der Waals surface area contributed by atoms with E-state index in [1.807, 2.05) is 54.2 Å². The lowest BCUT2D eigenvalue weighted by atomic mass is 10.1. The highest BCUT2D eigenvalue weighted by Gasteiger charge is 2.01. The zero-order valence-electron chi connectivity index (χ0n) is 11.5. The van der Waals surface area contributed by atoms with Gasteiger partial charge in [0.15, 0.2) is 0 Å². The normalized spacial score (nSPS) is 11.3. The van der Waals surface area contributed by atoms with Crippen molar-refractivity contribution in [1.29, 1.82) is 0 Å². The molecule has 0 saturated heterocycles. The summed E-state index contributed by atoms with van der Waals surface area (Å²) in [5, 5.41) is 5.41. The standard InChI is InChI=1S/C16H16N4/c1-12-10-16(18-15-8-4-3-7-14(12)15)19-17-11-13-6-5-9-20(13)2/h3-11H,1-2H3,(H,18,19)/b17-11-. The van der Waals surface area contributed by atoms with E-state index in [1.165, 1.54) is 10.9 Å². The summed E-state index contributed by atoms with van der Waals surface area (Å²) in [5.41, 5.74) is 6.19. The van der Waals surface area contributed by atoms with Gasteiger partial charge in [-0.15, -0.1) is 0 Å². The number of hydrazone groups is 1. The Morgan fingerprint density at radius 3 is 2.85 bits per heavy atom. The molecule has 0 atom stereocenters. The fourth-order valence-corrected chi connectivity index (χ4v) is 2.18. The Labute approximate surface area is 117 Å². The molecule has 0 aliphatic carbocycles. The number of hydrogen-bond acceptors (Lipinski definition) is 3. The molecule has 0 aliphatic heterocycles. The number of rotatable bonds is 3. The van der Waals surface area contributed by atoms with E-state index in [-0.39, 0.29) is 0 Å². The molecule has 2 heterocycles. The molecule has 0 fully saturated rings. The smallest absolute Gasteiger partial charge is 0.147 e. The van der Waals surface area contributed by atoms with Gasteiger partial charge in [0.2, 0.25) is 0 Å². The second-order valence-electron chi connectivity index (χ2n) is 4.76. The molecule has 100 valence electrons. The van der Waals surface area contributed by atoms with E-state index in [2.05, 4.69) is 28.5 Å². The van der Waals surface area contributed by atoms with Crippen molar-refractivity contribution in [3.63, 3.8) is 0 Å². The summed E-state index contributed by atoms with van der Waals surface area (Å²) in [6, 6.07) is 14.1. The first-order valence-electron chi connectivity index (χ1n) is 6.51. The van der Waals surface area contributed by atoms with E-state index >= 15 is 0 Å². The number of hydrogen-bond donors (Lipinski definition) is 1. The van der Waals surface area contributed by atoms with Crippen LogP contribution in [0.1, 0.15) is 11.3 Å². The maximum absolute atomic E-state index is 4.55. The van der Waals surface area contributed by atoms with Crippen LogP contribution in [0.3, 0.4) is 0 Å². The van der Waals surface area contributed by atoms with Gasteiger partial charge in [0.05, 0.1) is 17.4 Å². The number of benzene rings is 1. The maximum atomic E-state index is 4.55. The number of pyridine rings is 1. The van der Waals surface area contributed by atoms with Crippen molar-refractivity contribution in [1.82, 2.24) is 9.55 Å². The Balaban J connectivity index is 1.85. The maximum Gasteiger partial charge on any atom is 0.147 e. The first-order chi connectivity index (χ1) is 9.74. The van der Waals surface area contributed by atoms with Crippen LogP contribution >= 0.6 is 0 Å². The minimum Gasteiger partial charge on any atom is -0.350 e. The Kier molecular flexibility index (Phi) is 3.21. The molecule has 2 aromatic heterocycles. The van der Waals surface area contributed by atoms with Gasteiger partial charge in [0, 0.05) is 18.6 Å². The van der Waals surface area contributed by atoms with Crippen molar-refractivity contribution in [3.05, 3.63) is 59.9 Å². The lowest BCUT2D eigenvalue weighted by molar-refractivity contribution is 0.918. The summed E-state index contributed by atoms with van der Waals surface area (Å²) in [5.74, 6) is 0.756. The van der Waals surface area contributed by atoms with E-state index in [4.69, 9.17) is 0 Å². The van der Waals surface area contributed by atoms with Crippen molar-refractivity contribution in [2.24, 2.45) is 12.1 Å². The number of para-hydroxylation sites is 1. The van der Waals surface area contributed by atoms with Crippen molar-refractivity contribution in [2.45, 2.75) is 6.92 Å². The third-order valence-electron chi connectivity index (χ3n) is 3.28. The minimum atomic E-state index is 0.756. The Bertz CT molecular complexity index is 771. The molecule has 0 bridgehead atoms. The van der Waals surface area contributed by atoms with Crippen LogP contribution in [0.5, 0.6) is 0 Å². The number of anilines is 1. The van der Waals surface area contributed by atoms with Crippen LogP contribution in [-0.2, 0) is 7.05 Å². The second-order valence-corrected chi connectivity index (χ2v) is 4.76. The van der Waals surface area contributed by atoms with Crippen LogP contribution in [0.2, 0.25) is 0 Å². The van der Waals surface area contributed by atoms with Crippen LogP contribution in [0.15, 0.2) is 53.8 Å². The molecule has 0 spiro atoms. The van der Waals surface area contributed by atoms with Gasteiger partial charge in [-0.25, -0.2) is 4.98 Å². The fourth-order valence-electron chi connectivity index (χ4n) is 2.18. The largest absolute Gasteiger partial charge is 0.350 e. The molecule has 4 nitrogen and oxygen atoms in total. The minimum absolute atomic E-state index is 0.756. The average molecular weight is 264 g/mol. The molecular formula is C16H16N4. The number of nitrogens with one attached hydrogen (secondary N) is 1. The molecule has 0 aliphatic rings. The number of aryl methyl sites for hydroxylation is 2. The van der Waals surface area contributed by atoms with Gasteiger partial charge in [-0.1, -0.05) is 18.2 Å². The SMILES string of the molecule is Cc1cc(N/N=C\c2cccn2C)nc2ccccc12. The highest BCUT2D eigenvalue weighted by Crippen LogP contribution is 2.19. The molecule has 0 radical (unpaired) electrons. The van der Waals surface area contributed by atoms with Gasteiger partial charge in [-0.05, 0) is 36.8 Å². The molecule has 1 aromatic carbocycles. The lowest BCUT2D eigenvalue weighted by Gasteiger charge is -2.05. The van der Waals surface area contributed by atoms with Gasteiger partial charge >= 0.3 is 0 Å². The van der Waals surface area contributed by atoms with Gasteiger partial charge in [0.1, 0.15) is 5.82 Å². The second kappa shape index (κ2) is 5.17. The molecule has 3 rings (SSSR count). The van der Waals surface area contributed by atoms with Crippen molar-refractivity contribution >= 4 is 22.9 Å². The molecule has 4 heteroatoms. The zero-order chi connectivity index (χ0) is 13.9. The molecule has 0 saturated carbocycles. The van der Waals surface area contributed by atoms with Crippen LogP contribution < -0.4 is 5.43 Å². The predicted molar refractivity (Wildman–Crippen MR) is 83.1 cm³/mol. The molecule has 0 amide bonds. The van der Waals surface area contributed by atoms with E-state index in [9.17, 15) is 0 Å². The predicted octanol–water partition coefficient (Wildman–Crippen LogP) is 3.33. The third-order valence-corrected chi connectivity index (χ3v) is 3.28. The van der Waals surface area contributed by atoms with E-state index < -0.39 is 0 Å². The third kappa shape index (κ3) is 2.40. The zero-order valence-corrected chi connectivity index (χ0v) is 11.5. The molecule has 0 unspecified atom stereocenters. The van der Waals surface area contributed by atoms with E-state index in [0.29, 0.717) is 0 Å². The Morgan fingerprint density at radius 2 is 2.05 bits per heavy atom. The number of fused-ring (bicyclic) bond motifs is 1. The first kappa shape index (κ1) is 12.4. The van der Waals surface area contributed by atoms with Crippen molar-refractivity contribution in [3.8, 4) is 0 Å². The highest BCUT2D eigenvalue weighted by atomic mass is 15.3. The van der Waals surface area contributed by atoms with Crippen LogP contribution in [0.4, 0.5) is 5.82 Å². The monoisotopic (exact) mass is 264 g/mol. The number of aromatic nitrogens is 2. The van der Waals surface area contributed by atoms with Crippen molar-refractivity contribution in [2.75, 3.05) is 5.43 Å². The summed E-state index contributed by atoms with van der Waals surface area (Å²) >= 11 is 0. The summed E-state index contributed by atoms with van der Waals surface area (Å²) in [4.78, 5) is 4.55. The number of nitrogens with zero attached hydrogens (tertiary/aromatic N) is 3. The first-order valence-corrected chi connectivity index (χ1v) is 6.51. The Morgan fingerprint density at radius 1 is 1.20 bits per heavy atom. The molecule has 20 heavy (non-hydrogen) atoms. The van der Waals surface area contributed by atoms with E-state index in [0.717, 1.165) is 17.0 Å². The molecule has 3 aromatic rings. The average Bonchev–Trinajstić information content (AvgIpc) is 2.85. The highest BCUT2D eigenvalue weighted by molar-refractivity contribution is 5.84. The quantitative estimate of drug-likeness (QED) is 0.582. The van der Waals surface area contributed by atoms with Crippen molar-refractivity contribution < 1.29 is 0 Å². The van der Waals surface area contributed by atoms with Gasteiger partial charge in [-0.3, -0.25) is 5.43 Å². The van der Waals surface area contributed by atoms with Crippen LogP contribution in [0, 0.1) is 6.92 Å². The summed E-state index contributed by atoms with van der Waals surface area (Å²) in [7, 11) is 1.99. The van der Waals surface area contributed by atoms with Gasteiger partial charge in [0.25, 0.3) is 0 Å². The van der Waals surface area contributed by atoms with Gasteiger partial charge in [-0.2, -0.15) is 5.10 Å². The summed E-state index contributed by atoms with van der Waals surface area (Å²) in [6.45, 7) is 2.08. The molecule has 1 N–H and O–H groups in total. The van der Waals surface area contributed by atoms with E-state index in [1.54, 1.807) is 6.21 Å². The topological polar surface area (TPSA) is 42.2 Å². The van der Waals surface area contributed by atoms with Crippen LogP contribution in [-0.4, -0.2) is 15.8 Å². The lowest BCUT2D eigenvalue weighted by Crippen LogP contribution is -1.98.